The molecule has 0 saturated heterocycles. The minimum absolute atomic E-state index is 0.215. The number of rotatable bonds is 5. The largest absolute Gasteiger partial charge is 0.497 e. The van der Waals surface area contributed by atoms with Gasteiger partial charge in [-0.3, -0.25) is 24.2 Å². The maximum Gasteiger partial charge on any atom is 0.299 e. The van der Waals surface area contributed by atoms with Gasteiger partial charge in [-0.15, -0.1) is 0 Å². The Morgan fingerprint density at radius 2 is 1.82 bits per heavy atom. The molecule has 0 spiro atoms. The number of Topliss-reactive ketones (excluding diaryl/α,β-unsaturated/α-hetero) is 1. The van der Waals surface area contributed by atoms with Gasteiger partial charge in [0.05, 0.1) is 29.9 Å². The third-order valence-electron chi connectivity index (χ3n) is 4.29. The summed E-state index contributed by atoms with van der Waals surface area (Å²) in [5.74, 6) is -0.487. The maximum absolute atomic E-state index is 12.5. The molecule has 140 valence electrons. The normalized spacial score (nSPS) is 10.8. The molecule has 8 nitrogen and oxygen atoms in total. The highest BCUT2D eigenvalue weighted by Gasteiger charge is 2.21. The monoisotopic (exact) mass is 375 g/mol. The zero-order valence-corrected chi connectivity index (χ0v) is 15.3. The van der Waals surface area contributed by atoms with Gasteiger partial charge in [-0.1, -0.05) is 12.1 Å². The molecule has 0 bridgehead atoms. The number of anilines is 1. The molecular weight excluding hydrogens is 358 g/mol. The molecule has 0 fully saturated rings. The van der Waals surface area contributed by atoms with Gasteiger partial charge >= 0.3 is 0 Å². The Morgan fingerprint density at radius 1 is 1.07 bits per heavy atom. The van der Waals surface area contributed by atoms with Gasteiger partial charge in [0.1, 0.15) is 5.75 Å². The Balaban J connectivity index is 1.74. The van der Waals surface area contributed by atoms with Gasteiger partial charge in [0.2, 0.25) is 5.95 Å². The summed E-state index contributed by atoms with van der Waals surface area (Å²) in [5, 5.41) is 6.56. The second kappa shape index (κ2) is 6.99. The van der Waals surface area contributed by atoms with Crippen LogP contribution in [0.1, 0.15) is 10.4 Å². The second-order valence-electron chi connectivity index (χ2n) is 6.14. The number of para-hydroxylation sites is 2. The van der Waals surface area contributed by atoms with Crippen LogP contribution in [0, 0.1) is 0 Å². The zero-order valence-electron chi connectivity index (χ0n) is 15.3. The van der Waals surface area contributed by atoms with Crippen molar-refractivity contribution < 1.29 is 14.3 Å². The molecule has 0 atom stereocenters. The Bertz CT molecular complexity index is 1170. The van der Waals surface area contributed by atoms with E-state index in [1.807, 2.05) is 48.5 Å². The summed E-state index contributed by atoms with van der Waals surface area (Å²) in [4.78, 5) is 29.4. The number of ether oxygens (including phenoxy) is 1. The van der Waals surface area contributed by atoms with Crippen LogP contribution in [-0.2, 0) is 11.8 Å². The molecule has 0 aliphatic heterocycles. The van der Waals surface area contributed by atoms with Crippen molar-refractivity contribution in [3.63, 3.8) is 0 Å². The van der Waals surface area contributed by atoms with Crippen LogP contribution in [0.3, 0.4) is 0 Å². The van der Waals surface area contributed by atoms with Crippen LogP contribution in [0.2, 0.25) is 0 Å². The first kappa shape index (κ1) is 17.5. The molecule has 0 aliphatic carbocycles. The van der Waals surface area contributed by atoms with Crippen LogP contribution in [0.5, 0.6) is 5.75 Å². The lowest BCUT2D eigenvalue weighted by Crippen LogP contribution is -2.24. The first-order chi connectivity index (χ1) is 13.6. The molecule has 2 aromatic carbocycles. The van der Waals surface area contributed by atoms with Crippen molar-refractivity contribution in [3.8, 4) is 11.4 Å². The summed E-state index contributed by atoms with van der Waals surface area (Å²) in [7, 11) is 3.27. The minimum Gasteiger partial charge on any atom is -0.497 e. The Kier molecular flexibility index (Phi) is 4.36. The highest BCUT2D eigenvalue weighted by molar-refractivity contribution is 6.46. The number of ketones is 1. The third kappa shape index (κ3) is 3.11. The van der Waals surface area contributed by atoms with E-state index < -0.39 is 11.7 Å². The number of aryl methyl sites for hydroxylation is 1. The number of hydrogen-bond donors (Lipinski definition) is 1. The van der Waals surface area contributed by atoms with Crippen LogP contribution < -0.4 is 10.1 Å². The molecule has 0 aliphatic rings. The number of imidazole rings is 1. The van der Waals surface area contributed by atoms with E-state index in [-0.39, 0.29) is 11.5 Å². The fourth-order valence-corrected chi connectivity index (χ4v) is 2.93. The number of hydrogen-bond acceptors (Lipinski definition) is 5. The van der Waals surface area contributed by atoms with E-state index in [0.29, 0.717) is 11.3 Å². The zero-order chi connectivity index (χ0) is 19.7. The number of nitrogens with zero attached hydrogens (tertiary/aromatic N) is 4. The number of benzene rings is 2. The Morgan fingerprint density at radius 3 is 2.50 bits per heavy atom. The molecule has 1 amide bonds. The van der Waals surface area contributed by atoms with Gasteiger partial charge in [0.15, 0.2) is 0 Å². The number of methoxy groups -OCH3 is 1. The van der Waals surface area contributed by atoms with E-state index in [1.165, 1.54) is 17.1 Å². The Labute approximate surface area is 160 Å². The molecule has 28 heavy (non-hydrogen) atoms. The molecule has 4 aromatic rings. The molecule has 1 N–H and O–H groups in total. The van der Waals surface area contributed by atoms with E-state index in [9.17, 15) is 9.59 Å². The summed E-state index contributed by atoms with van der Waals surface area (Å²) in [6, 6.07) is 14.8. The highest BCUT2D eigenvalue weighted by Crippen LogP contribution is 2.26. The molecular formula is C20H17N5O3. The smallest absolute Gasteiger partial charge is 0.299 e. The van der Waals surface area contributed by atoms with Crippen molar-refractivity contribution in [1.82, 2.24) is 19.3 Å². The molecule has 2 heterocycles. The highest BCUT2D eigenvalue weighted by atomic mass is 16.5. The number of carbonyl (C=O) groups is 2. The standard InChI is InChI=1S/C20H17N5O3/c1-24-12-13(11-21-24)18(26)19(27)23-20-22-16-5-3-4-6-17(16)25(20)14-7-9-15(28-2)10-8-14/h3-12H,1-2H3,(H,22,23,27). The lowest BCUT2D eigenvalue weighted by Gasteiger charge is -2.10. The van der Waals surface area contributed by atoms with E-state index in [0.717, 1.165) is 11.2 Å². The maximum atomic E-state index is 12.5. The van der Waals surface area contributed by atoms with Crippen LogP contribution in [0.15, 0.2) is 60.9 Å². The van der Waals surface area contributed by atoms with Crippen LogP contribution in [0.4, 0.5) is 5.95 Å². The SMILES string of the molecule is COc1ccc(-n2c(NC(=O)C(=O)c3cnn(C)c3)nc3ccccc32)cc1. The van der Waals surface area contributed by atoms with Gasteiger partial charge in [0, 0.05) is 18.9 Å². The number of carbonyl (C=O) groups excluding carboxylic acids is 2. The molecule has 0 radical (unpaired) electrons. The average molecular weight is 375 g/mol. The second-order valence-corrected chi connectivity index (χ2v) is 6.14. The van der Waals surface area contributed by atoms with Crippen LogP contribution in [-0.4, -0.2) is 38.1 Å². The van der Waals surface area contributed by atoms with Gasteiger partial charge in [0.25, 0.3) is 11.7 Å². The molecule has 4 rings (SSSR count). The summed E-state index contributed by atoms with van der Waals surface area (Å²) in [6.07, 6.45) is 2.85. The molecule has 0 unspecified atom stereocenters. The molecule has 0 saturated carbocycles. The summed E-state index contributed by atoms with van der Waals surface area (Å²) in [5.41, 5.74) is 2.49. The number of aromatic nitrogens is 4. The van der Waals surface area contributed by atoms with Crippen LogP contribution in [0.25, 0.3) is 16.7 Å². The van der Waals surface area contributed by atoms with E-state index in [4.69, 9.17) is 4.74 Å². The van der Waals surface area contributed by atoms with Gasteiger partial charge in [-0.25, -0.2) is 4.98 Å². The Hall–Kier alpha value is -3.94. The van der Waals surface area contributed by atoms with Crippen molar-refractivity contribution in [2.75, 3.05) is 12.4 Å². The fourth-order valence-electron chi connectivity index (χ4n) is 2.93. The van der Waals surface area contributed by atoms with Crippen molar-refractivity contribution in [2.45, 2.75) is 0 Å². The minimum atomic E-state index is -0.780. The lowest BCUT2D eigenvalue weighted by molar-refractivity contribution is -0.112. The number of nitrogens with one attached hydrogen (secondary N) is 1. The van der Waals surface area contributed by atoms with E-state index in [2.05, 4.69) is 15.4 Å². The predicted molar refractivity (Wildman–Crippen MR) is 104 cm³/mol. The quantitative estimate of drug-likeness (QED) is 0.428. The average Bonchev–Trinajstić information content (AvgIpc) is 3.30. The van der Waals surface area contributed by atoms with E-state index in [1.54, 1.807) is 18.7 Å². The molecule has 2 aromatic heterocycles. The predicted octanol–water partition coefficient (Wildman–Crippen LogP) is 2.59. The summed E-state index contributed by atoms with van der Waals surface area (Å²) in [6.45, 7) is 0. The number of fused-ring (bicyclic) bond motifs is 1. The van der Waals surface area contributed by atoms with Crippen molar-refractivity contribution in [3.05, 3.63) is 66.5 Å². The van der Waals surface area contributed by atoms with Crippen LogP contribution >= 0.6 is 0 Å². The first-order valence-electron chi connectivity index (χ1n) is 8.53. The summed E-state index contributed by atoms with van der Waals surface area (Å²) < 4.78 is 8.45. The first-order valence-corrected chi connectivity index (χ1v) is 8.53. The van der Waals surface area contributed by atoms with Gasteiger partial charge in [-0.2, -0.15) is 5.10 Å². The van der Waals surface area contributed by atoms with Crippen molar-refractivity contribution in [1.29, 1.82) is 0 Å². The molecule has 8 heteroatoms. The van der Waals surface area contributed by atoms with Gasteiger partial charge < -0.3 is 4.74 Å². The van der Waals surface area contributed by atoms with Gasteiger partial charge in [-0.05, 0) is 36.4 Å². The fraction of sp³-hybridized carbons (Fsp3) is 0.100. The third-order valence-corrected chi connectivity index (χ3v) is 4.29. The lowest BCUT2D eigenvalue weighted by atomic mass is 10.2. The van der Waals surface area contributed by atoms with E-state index >= 15 is 0 Å². The summed E-state index contributed by atoms with van der Waals surface area (Å²) >= 11 is 0. The van der Waals surface area contributed by atoms with Crippen molar-refractivity contribution >= 4 is 28.7 Å². The topological polar surface area (TPSA) is 91.0 Å². The van der Waals surface area contributed by atoms with Crippen molar-refractivity contribution in [2.24, 2.45) is 7.05 Å². The number of amides is 1.